The quantitative estimate of drug-likeness (QED) is 0.210. The van der Waals surface area contributed by atoms with Crippen molar-refractivity contribution in [1.29, 1.82) is 0 Å². The second-order valence-corrected chi connectivity index (χ2v) is 11.9. The monoisotopic (exact) mass is 563 g/mol. The second kappa shape index (κ2) is 10.3. The van der Waals surface area contributed by atoms with Gasteiger partial charge in [0.2, 0.25) is 0 Å². The first kappa shape index (κ1) is 26.2. The van der Waals surface area contributed by atoms with Crippen molar-refractivity contribution in [2.75, 3.05) is 0 Å². The molecule has 4 aromatic heterocycles. The van der Waals surface area contributed by atoms with Gasteiger partial charge < -0.3 is 9.13 Å². The summed E-state index contributed by atoms with van der Waals surface area (Å²) in [6, 6.07) is 15.6. The summed E-state index contributed by atoms with van der Waals surface area (Å²) in [4.78, 5) is 4.94. The Bertz CT molecular complexity index is 2260. The predicted octanol–water partition coefficient (Wildman–Crippen LogP) is 8.73. The maximum atomic E-state index is 4.94. The molecular weight excluding hydrogens is 531 g/mol. The molecule has 0 radical (unpaired) electrons. The molecule has 0 N–H and O–H groups in total. The molecule has 1 aliphatic rings. The van der Waals surface area contributed by atoms with Crippen LogP contribution in [0.2, 0.25) is 0 Å². The van der Waals surface area contributed by atoms with Crippen molar-refractivity contribution < 1.29 is 0 Å². The summed E-state index contributed by atoms with van der Waals surface area (Å²) in [6.07, 6.45) is 22.3. The van der Waals surface area contributed by atoms with Crippen LogP contribution < -0.4 is 9.75 Å². The smallest absolute Gasteiger partial charge is 0.0890 e. The highest BCUT2D eigenvalue weighted by Gasteiger charge is 2.21. The minimum absolute atomic E-state index is 0.898. The summed E-state index contributed by atoms with van der Waals surface area (Å²) in [5.41, 5.74) is 12.0. The Morgan fingerprint density at radius 3 is 2.50 bits per heavy atom. The normalized spacial score (nSPS) is 14.0. The molecule has 206 valence electrons. The fraction of sp³-hybridized carbons (Fsp3) is 0.132. The lowest BCUT2D eigenvalue weighted by molar-refractivity contribution is 0.994. The van der Waals surface area contributed by atoms with Crippen molar-refractivity contribution in [1.82, 2.24) is 14.1 Å². The Hall–Kier alpha value is -4.67. The summed E-state index contributed by atoms with van der Waals surface area (Å²) in [6.45, 7) is 12.9. The van der Waals surface area contributed by atoms with Crippen LogP contribution in [0.4, 0.5) is 0 Å². The molecule has 4 heterocycles. The van der Waals surface area contributed by atoms with E-state index in [2.05, 4.69) is 128 Å². The third-order valence-electron chi connectivity index (χ3n) is 8.33. The van der Waals surface area contributed by atoms with Crippen molar-refractivity contribution >= 4 is 68.2 Å². The molecular formula is C38H33N3S. The fourth-order valence-corrected chi connectivity index (χ4v) is 7.63. The number of fused-ring (bicyclic) bond motifs is 6. The molecule has 3 nitrogen and oxygen atoms in total. The summed E-state index contributed by atoms with van der Waals surface area (Å²) < 4.78 is 7.16. The van der Waals surface area contributed by atoms with E-state index in [0.29, 0.717) is 0 Å². The summed E-state index contributed by atoms with van der Waals surface area (Å²) in [5.74, 6) is 0. The van der Waals surface area contributed by atoms with Gasteiger partial charge in [0.25, 0.3) is 0 Å². The highest BCUT2D eigenvalue weighted by molar-refractivity contribution is 7.18. The molecule has 7 rings (SSSR count). The zero-order valence-electron chi connectivity index (χ0n) is 24.5. The molecule has 0 saturated heterocycles. The molecule has 4 heteroatoms. The van der Waals surface area contributed by atoms with Gasteiger partial charge >= 0.3 is 0 Å². The fourth-order valence-electron chi connectivity index (χ4n) is 6.41. The summed E-state index contributed by atoms with van der Waals surface area (Å²) in [7, 11) is 0. The molecule has 6 aromatic rings. The van der Waals surface area contributed by atoms with Crippen LogP contribution in [-0.4, -0.2) is 14.1 Å². The van der Waals surface area contributed by atoms with E-state index in [0.717, 1.165) is 32.9 Å². The molecule has 0 aliphatic heterocycles. The first-order chi connectivity index (χ1) is 20.5. The Morgan fingerprint density at radius 1 is 0.952 bits per heavy atom. The number of aromatic nitrogens is 3. The minimum Gasteiger partial charge on any atom is -0.312 e. The van der Waals surface area contributed by atoms with Gasteiger partial charge in [0.15, 0.2) is 0 Å². The third kappa shape index (κ3) is 3.90. The molecule has 0 fully saturated rings. The van der Waals surface area contributed by atoms with E-state index < -0.39 is 0 Å². The Balaban J connectivity index is 1.45. The van der Waals surface area contributed by atoms with Crippen LogP contribution in [0.15, 0.2) is 85.1 Å². The third-order valence-corrected chi connectivity index (χ3v) is 9.54. The van der Waals surface area contributed by atoms with Crippen molar-refractivity contribution in [3.8, 4) is 11.4 Å². The van der Waals surface area contributed by atoms with Crippen molar-refractivity contribution in [2.24, 2.45) is 0 Å². The average molecular weight is 564 g/mol. The van der Waals surface area contributed by atoms with Crippen molar-refractivity contribution in [3.05, 3.63) is 123 Å². The number of para-hydroxylation sites is 1. The maximum absolute atomic E-state index is 4.94. The second-order valence-electron chi connectivity index (χ2n) is 10.9. The molecule has 1 aliphatic carbocycles. The summed E-state index contributed by atoms with van der Waals surface area (Å²) >= 11 is 1.78. The van der Waals surface area contributed by atoms with E-state index >= 15 is 0 Å². The van der Waals surface area contributed by atoms with Crippen LogP contribution in [0.3, 0.4) is 0 Å². The van der Waals surface area contributed by atoms with Crippen LogP contribution in [0.5, 0.6) is 0 Å². The lowest BCUT2D eigenvalue weighted by atomic mass is 10.1. The van der Waals surface area contributed by atoms with Gasteiger partial charge in [-0.1, -0.05) is 67.3 Å². The molecule has 42 heavy (non-hydrogen) atoms. The number of thiophene rings is 1. The van der Waals surface area contributed by atoms with Gasteiger partial charge in [-0.15, -0.1) is 11.3 Å². The van der Waals surface area contributed by atoms with Crippen molar-refractivity contribution in [3.63, 3.8) is 0 Å². The van der Waals surface area contributed by atoms with Gasteiger partial charge in [0.1, 0.15) is 0 Å². The Labute approximate surface area is 250 Å². The van der Waals surface area contributed by atoms with E-state index in [9.17, 15) is 0 Å². The number of hydrogen-bond donors (Lipinski definition) is 0. The molecule has 0 amide bonds. The van der Waals surface area contributed by atoms with Crippen molar-refractivity contribution in [2.45, 2.75) is 34.1 Å². The number of hydrogen-bond acceptors (Lipinski definition) is 2. The number of nitrogens with zero attached hydrogens (tertiary/aromatic N) is 3. The van der Waals surface area contributed by atoms with Gasteiger partial charge in [-0.3, -0.25) is 4.98 Å². The van der Waals surface area contributed by atoms with E-state index in [-0.39, 0.29) is 0 Å². The molecule has 0 saturated carbocycles. The number of rotatable bonds is 4. The SMILES string of the molecule is C=c1/c(=C\C=C/C)sc2c1ncc1c2c(C)c(/C=C\C)n1-c1ccc(-n2c3c(c4cccc(C)c42)C=CC=CC3)cc1. The number of pyridine rings is 1. The Kier molecular flexibility index (Phi) is 6.44. The van der Waals surface area contributed by atoms with Crippen LogP contribution in [0, 0.1) is 13.8 Å². The average Bonchev–Trinajstić information content (AvgIpc) is 3.50. The summed E-state index contributed by atoms with van der Waals surface area (Å²) in [5, 5.41) is 3.55. The van der Waals surface area contributed by atoms with Crippen LogP contribution in [0.1, 0.15) is 41.9 Å². The molecule has 0 atom stereocenters. The number of aryl methyl sites for hydroxylation is 2. The van der Waals surface area contributed by atoms with E-state index in [1.807, 2.05) is 19.2 Å². The number of allylic oxidation sites excluding steroid dienone is 6. The highest BCUT2D eigenvalue weighted by Crippen LogP contribution is 2.37. The standard InChI is InChI=1S/C38H33N3S/c1-6-8-18-34-26(5)36-38(42-34)35-25(4)31(13-7-2)40(33(35)23-39-36)27-19-21-28(22-20-27)41-32-17-11-9-10-15-29(32)30-16-12-14-24(3)37(30)41/h6-16,18-23H,5,17H2,1-4H3/b8-6-,13-7-,34-18+. The van der Waals surface area contributed by atoms with Crippen LogP contribution in [-0.2, 0) is 6.42 Å². The molecule has 2 aromatic carbocycles. The Morgan fingerprint density at radius 2 is 1.74 bits per heavy atom. The van der Waals surface area contributed by atoms with Gasteiger partial charge in [-0.2, -0.15) is 0 Å². The lowest BCUT2D eigenvalue weighted by Crippen LogP contribution is -2.16. The maximum Gasteiger partial charge on any atom is 0.0890 e. The van der Waals surface area contributed by atoms with Gasteiger partial charge in [-0.25, -0.2) is 0 Å². The highest BCUT2D eigenvalue weighted by atomic mass is 32.1. The van der Waals surface area contributed by atoms with E-state index in [4.69, 9.17) is 4.98 Å². The van der Waals surface area contributed by atoms with Crippen LogP contribution in [0.25, 0.3) is 68.2 Å². The zero-order chi connectivity index (χ0) is 29.0. The largest absolute Gasteiger partial charge is 0.312 e. The van der Waals surface area contributed by atoms with Crippen LogP contribution >= 0.6 is 11.3 Å². The van der Waals surface area contributed by atoms with E-state index in [1.54, 1.807) is 11.3 Å². The molecule has 0 spiro atoms. The van der Waals surface area contributed by atoms with E-state index in [1.165, 1.54) is 54.8 Å². The zero-order valence-corrected chi connectivity index (χ0v) is 25.3. The van der Waals surface area contributed by atoms with Gasteiger partial charge in [0.05, 0.1) is 27.4 Å². The number of benzene rings is 2. The first-order valence-corrected chi connectivity index (χ1v) is 15.3. The molecule has 0 bridgehead atoms. The molecule has 0 unspecified atom stereocenters. The van der Waals surface area contributed by atoms with Gasteiger partial charge in [0, 0.05) is 55.3 Å². The lowest BCUT2D eigenvalue weighted by Gasteiger charge is -2.14. The predicted molar refractivity (Wildman–Crippen MR) is 183 cm³/mol. The first-order valence-electron chi connectivity index (χ1n) is 14.5. The minimum atomic E-state index is 0.898. The van der Waals surface area contributed by atoms with Gasteiger partial charge in [-0.05, 0) is 75.2 Å². The topological polar surface area (TPSA) is 22.8 Å².